The largest absolute Gasteiger partial charge is 0.309 e. The van der Waals surface area contributed by atoms with Gasteiger partial charge in [0.25, 0.3) is 0 Å². The highest BCUT2D eigenvalue weighted by Gasteiger charge is 2.22. The number of thiophene rings is 1. The molecule has 5 nitrogen and oxygen atoms in total. The third-order valence-corrected chi connectivity index (χ3v) is 14.8. The van der Waals surface area contributed by atoms with Gasteiger partial charge < -0.3 is 9.13 Å². The quantitative estimate of drug-likeness (QED) is 0.160. The van der Waals surface area contributed by atoms with Gasteiger partial charge in [0.1, 0.15) is 0 Å². The third kappa shape index (κ3) is 6.41. The van der Waals surface area contributed by atoms with Crippen LogP contribution in [0.2, 0.25) is 0 Å². The van der Waals surface area contributed by atoms with Crippen LogP contribution in [-0.2, 0) is 0 Å². The van der Waals surface area contributed by atoms with Gasteiger partial charge in [-0.15, -0.1) is 11.3 Å². The lowest BCUT2D eigenvalue weighted by Gasteiger charge is -2.17. The highest BCUT2D eigenvalue weighted by Crippen LogP contribution is 2.43. The van der Waals surface area contributed by atoms with E-state index in [9.17, 15) is 0 Å². The molecule has 0 saturated heterocycles. The van der Waals surface area contributed by atoms with Crippen LogP contribution in [0.5, 0.6) is 0 Å². The van der Waals surface area contributed by atoms with Crippen molar-refractivity contribution in [2.45, 2.75) is 0 Å². The molecule has 14 aromatic rings. The van der Waals surface area contributed by atoms with Crippen LogP contribution >= 0.6 is 11.3 Å². The lowest BCUT2D eigenvalue weighted by Crippen LogP contribution is -2.04. The summed E-state index contributed by atoms with van der Waals surface area (Å²) in [5, 5.41) is 7.37. The highest BCUT2D eigenvalue weighted by atomic mass is 32.1. The van der Waals surface area contributed by atoms with Gasteiger partial charge in [-0.2, -0.15) is 0 Å². The Hall–Kier alpha value is -8.97. The van der Waals surface area contributed by atoms with Crippen LogP contribution in [-0.4, -0.2) is 24.1 Å². The minimum absolute atomic E-state index is 0.596. The van der Waals surface area contributed by atoms with Crippen molar-refractivity contribution < 1.29 is 0 Å². The Bertz CT molecular complexity index is 4260. The number of nitrogens with zero attached hydrogens (tertiary/aromatic N) is 5. The second kappa shape index (κ2) is 15.8. The molecular weight excluding hydrogens is 859 g/mol. The molecule has 0 saturated carbocycles. The van der Waals surface area contributed by atoms with Crippen molar-refractivity contribution in [1.82, 2.24) is 24.1 Å². The first kappa shape index (κ1) is 39.2. The summed E-state index contributed by atoms with van der Waals surface area (Å²) in [6.07, 6.45) is 0. The van der Waals surface area contributed by atoms with E-state index < -0.39 is 0 Å². The third-order valence-electron chi connectivity index (χ3n) is 13.6. The van der Waals surface area contributed by atoms with E-state index in [0.717, 1.165) is 61.3 Å². The molecule has 0 spiro atoms. The molecule has 4 heterocycles. The Morgan fingerprint density at radius 3 is 1.55 bits per heavy atom. The van der Waals surface area contributed by atoms with E-state index in [-0.39, 0.29) is 0 Å². The minimum atomic E-state index is 0.596. The minimum Gasteiger partial charge on any atom is -0.309 e. The van der Waals surface area contributed by atoms with Crippen LogP contribution in [0.3, 0.4) is 0 Å². The Balaban J connectivity index is 0.998. The van der Waals surface area contributed by atoms with Crippen molar-refractivity contribution in [3.8, 4) is 67.8 Å². The van der Waals surface area contributed by atoms with Crippen LogP contribution in [0, 0.1) is 0 Å². The number of rotatable bonds is 7. The zero-order chi connectivity index (χ0) is 45.4. The van der Waals surface area contributed by atoms with Crippen molar-refractivity contribution >= 4 is 75.1 Å². The summed E-state index contributed by atoms with van der Waals surface area (Å²) in [6, 6.07) is 84.5. The average molecular weight is 898 g/mol. The Kier molecular flexibility index (Phi) is 9.00. The SMILES string of the molecule is c1ccc(-c2nc(-c3cccc(-c4cccc5c4sc4ccccc45)c3)nc(-c3ccc(-c4ccc5c6ccccc6n(-c6ccccc6)c5c4)cc3-n3c4ccccc4c4ccccc43)n2)cc1. The van der Waals surface area contributed by atoms with Crippen LogP contribution in [0.25, 0.3) is 132 Å². The summed E-state index contributed by atoms with van der Waals surface area (Å²) >= 11 is 1.84. The fourth-order valence-electron chi connectivity index (χ4n) is 10.4. The maximum absolute atomic E-state index is 5.44. The van der Waals surface area contributed by atoms with Crippen LogP contribution in [0.4, 0.5) is 0 Å². The molecule has 6 heteroatoms. The summed E-state index contributed by atoms with van der Waals surface area (Å²) in [5.74, 6) is 1.82. The van der Waals surface area contributed by atoms with Gasteiger partial charge in [-0.3, -0.25) is 0 Å². The number of hydrogen-bond acceptors (Lipinski definition) is 4. The number of benzene rings is 10. The maximum Gasteiger partial charge on any atom is 0.166 e. The number of para-hydroxylation sites is 4. The predicted molar refractivity (Wildman–Crippen MR) is 289 cm³/mol. The zero-order valence-corrected chi connectivity index (χ0v) is 38.0. The van der Waals surface area contributed by atoms with E-state index in [1.165, 1.54) is 52.8 Å². The van der Waals surface area contributed by atoms with Gasteiger partial charge in [0.05, 0.1) is 27.8 Å². The lowest BCUT2D eigenvalue weighted by molar-refractivity contribution is 1.06. The van der Waals surface area contributed by atoms with Gasteiger partial charge in [0.2, 0.25) is 0 Å². The fourth-order valence-corrected chi connectivity index (χ4v) is 11.7. The highest BCUT2D eigenvalue weighted by molar-refractivity contribution is 7.26. The van der Waals surface area contributed by atoms with E-state index in [2.05, 4.69) is 228 Å². The smallest absolute Gasteiger partial charge is 0.166 e. The molecule has 69 heavy (non-hydrogen) atoms. The molecule has 0 unspecified atom stereocenters. The van der Waals surface area contributed by atoms with Crippen molar-refractivity contribution in [3.63, 3.8) is 0 Å². The van der Waals surface area contributed by atoms with Crippen molar-refractivity contribution in [3.05, 3.63) is 237 Å². The standard InChI is InChI=1S/C63H39N5S/c1-3-17-40(18-4-1)61-64-62(44-20-15-19-43(37-44)46-27-16-28-52-51-26-10-14-32-59(51)69-60(46)52)66-63(65-61)53-36-34-42(39-58(53)68-55-30-12-8-23-47(55)48-24-9-13-31-56(48)68)41-33-35-50-49-25-7-11-29-54(49)67(57(50)38-41)45-21-5-2-6-22-45/h1-39H. The lowest BCUT2D eigenvalue weighted by atomic mass is 9.99. The normalized spacial score (nSPS) is 11.8. The molecule has 0 aliphatic rings. The maximum atomic E-state index is 5.44. The molecule has 0 amide bonds. The topological polar surface area (TPSA) is 48.5 Å². The number of aromatic nitrogens is 5. The monoisotopic (exact) mass is 897 g/mol. The number of hydrogen-bond donors (Lipinski definition) is 0. The summed E-state index contributed by atoms with van der Waals surface area (Å²) in [4.78, 5) is 16.0. The zero-order valence-electron chi connectivity index (χ0n) is 37.2. The van der Waals surface area contributed by atoms with E-state index in [1.807, 2.05) is 29.5 Å². The fraction of sp³-hybridized carbons (Fsp3) is 0. The molecule has 0 aliphatic heterocycles. The molecule has 322 valence electrons. The summed E-state index contributed by atoms with van der Waals surface area (Å²) in [5.41, 5.74) is 13.9. The van der Waals surface area contributed by atoms with Gasteiger partial charge >= 0.3 is 0 Å². The number of fused-ring (bicyclic) bond motifs is 9. The van der Waals surface area contributed by atoms with Crippen LogP contribution in [0.1, 0.15) is 0 Å². The second-order valence-corrected chi connectivity index (χ2v) is 18.6. The van der Waals surface area contributed by atoms with Gasteiger partial charge in [0.15, 0.2) is 17.5 Å². The average Bonchev–Trinajstić information content (AvgIpc) is 4.09. The van der Waals surface area contributed by atoms with E-state index in [4.69, 9.17) is 15.0 Å². The molecule has 14 rings (SSSR count). The molecule has 0 N–H and O–H groups in total. The molecule has 0 atom stereocenters. The van der Waals surface area contributed by atoms with Crippen molar-refractivity contribution in [2.75, 3.05) is 0 Å². The Labute approximate surface area is 401 Å². The molecule has 4 aromatic heterocycles. The molecule has 10 aromatic carbocycles. The van der Waals surface area contributed by atoms with Crippen LogP contribution < -0.4 is 0 Å². The summed E-state index contributed by atoms with van der Waals surface area (Å²) in [6.45, 7) is 0. The van der Waals surface area contributed by atoms with E-state index in [1.54, 1.807) is 0 Å². The second-order valence-electron chi connectivity index (χ2n) is 17.6. The van der Waals surface area contributed by atoms with E-state index >= 15 is 0 Å². The predicted octanol–water partition coefficient (Wildman–Crippen LogP) is 16.8. The molecule has 0 bridgehead atoms. The molecule has 0 radical (unpaired) electrons. The van der Waals surface area contributed by atoms with Gasteiger partial charge in [-0.05, 0) is 82.9 Å². The van der Waals surface area contributed by atoms with Crippen molar-refractivity contribution in [2.24, 2.45) is 0 Å². The molecule has 0 fully saturated rings. The van der Waals surface area contributed by atoms with Crippen molar-refractivity contribution in [1.29, 1.82) is 0 Å². The Morgan fingerprint density at radius 2 is 0.812 bits per heavy atom. The summed E-state index contributed by atoms with van der Waals surface area (Å²) in [7, 11) is 0. The van der Waals surface area contributed by atoms with Gasteiger partial charge in [-0.25, -0.2) is 15.0 Å². The summed E-state index contributed by atoms with van der Waals surface area (Å²) < 4.78 is 7.33. The first-order valence-electron chi connectivity index (χ1n) is 23.3. The molecule has 0 aliphatic carbocycles. The first-order chi connectivity index (χ1) is 34.2. The van der Waals surface area contributed by atoms with E-state index in [0.29, 0.717) is 17.5 Å². The Morgan fingerprint density at radius 1 is 0.290 bits per heavy atom. The van der Waals surface area contributed by atoms with Gasteiger partial charge in [0, 0.05) is 64.1 Å². The molecular formula is C63H39N5S. The van der Waals surface area contributed by atoms with Gasteiger partial charge in [-0.1, -0.05) is 176 Å². The first-order valence-corrected chi connectivity index (χ1v) is 24.1. The van der Waals surface area contributed by atoms with Crippen LogP contribution in [0.15, 0.2) is 237 Å².